The van der Waals surface area contributed by atoms with Crippen LogP contribution in [0.15, 0.2) is 36.7 Å². The van der Waals surface area contributed by atoms with Crippen LogP contribution in [0.25, 0.3) is 0 Å². The van der Waals surface area contributed by atoms with Gasteiger partial charge < -0.3 is 9.80 Å². The van der Waals surface area contributed by atoms with Crippen molar-refractivity contribution in [2.24, 2.45) is 0 Å². The third kappa shape index (κ3) is 4.48. The van der Waals surface area contributed by atoms with E-state index in [0.29, 0.717) is 5.69 Å². The van der Waals surface area contributed by atoms with Crippen molar-refractivity contribution in [1.82, 2.24) is 9.80 Å². The normalized spacial score (nSPS) is 15.1. The third-order valence-electron chi connectivity index (χ3n) is 2.88. The fraction of sp³-hybridized carbons (Fsp3) is 0.385. The average Bonchev–Trinajstić information content (AvgIpc) is 2.72. The Kier molecular flexibility index (Phi) is 3.99. The maximum absolute atomic E-state index is 11.1. The van der Waals surface area contributed by atoms with Crippen molar-refractivity contribution < 1.29 is 8.42 Å². The molecule has 0 unspecified atom stereocenters. The van der Waals surface area contributed by atoms with Crippen LogP contribution in [0, 0.1) is 0 Å². The largest absolute Gasteiger partial charge is 0.362 e. The van der Waals surface area contributed by atoms with Crippen LogP contribution in [-0.2, 0) is 16.4 Å². The molecular formula is C13H19N3O2S. The van der Waals surface area contributed by atoms with Gasteiger partial charge in [0.2, 0.25) is 10.0 Å². The quantitative estimate of drug-likeness (QED) is 0.883. The molecule has 0 saturated heterocycles. The smallest absolute Gasteiger partial charge is 0.229 e. The fourth-order valence-electron chi connectivity index (χ4n) is 1.96. The number of sulfonamides is 1. The summed E-state index contributed by atoms with van der Waals surface area (Å²) in [6.45, 7) is 1.88. The van der Waals surface area contributed by atoms with Gasteiger partial charge in [-0.05, 0) is 24.1 Å². The molecule has 0 fully saturated rings. The van der Waals surface area contributed by atoms with E-state index in [2.05, 4.69) is 26.9 Å². The highest BCUT2D eigenvalue weighted by Gasteiger charge is 2.08. The second-order valence-electron chi connectivity index (χ2n) is 4.83. The Labute approximate surface area is 114 Å². The number of rotatable bonds is 5. The van der Waals surface area contributed by atoms with Gasteiger partial charge in [0.1, 0.15) is 0 Å². The van der Waals surface area contributed by atoms with Gasteiger partial charge in [0.05, 0.1) is 12.9 Å². The molecule has 5 nitrogen and oxygen atoms in total. The lowest BCUT2D eigenvalue weighted by molar-refractivity contribution is 0.299. The van der Waals surface area contributed by atoms with Crippen LogP contribution in [0.3, 0.4) is 0 Å². The molecule has 0 aliphatic carbocycles. The summed E-state index contributed by atoms with van der Waals surface area (Å²) >= 11 is 0. The van der Waals surface area contributed by atoms with Crippen molar-refractivity contribution in [3.63, 3.8) is 0 Å². The van der Waals surface area contributed by atoms with Gasteiger partial charge in [0.15, 0.2) is 0 Å². The van der Waals surface area contributed by atoms with Crippen molar-refractivity contribution in [3.8, 4) is 0 Å². The van der Waals surface area contributed by atoms with E-state index in [1.54, 1.807) is 12.1 Å². The highest BCUT2D eigenvalue weighted by molar-refractivity contribution is 7.92. The van der Waals surface area contributed by atoms with E-state index < -0.39 is 10.0 Å². The van der Waals surface area contributed by atoms with E-state index in [0.717, 1.165) is 25.9 Å². The monoisotopic (exact) mass is 281 g/mol. The Morgan fingerprint density at radius 3 is 2.42 bits per heavy atom. The first-order valence-electron chi connectivity index (χ1n) is 6.12. The Bertz CT molecular complexity index is 552. The number of nitrogens with one attached hydrogen (secondary N) is 1. The summed E-state index contributed by atoms with van der Waals surface area (Å²) in [6, 6.07) is 7.50. The standard InChI is InChI=1S/C13H19N3O2S/c1-15-9-10-16(11-15)8-7-12-3-5-13(6-4-12)14-19(2,17)18/h3-6,9-10,14H,7-8,11H2,1-2H3. The Balaban J connectivity index is 1.87. The average molecular weight is 281 g/mol. The summed E-state index contributed by atoms with van der Waals surface area (Å²) in [5, 5.41) is 0. The molecule has 1 heterocycles. The highest BCUT2D eigenvalue weighted by Crippen LogP contribution is 2.12. The topological polar surface area (TPSA) is 52.6 Å². The number of hydrogen-bond acceptors (Lipinski definition) is 4. The lowest BCUT2D eigenvalue weighted by Crippen LogP contribution is -2.24. The second kappa shape index (κ2) is 5.52. The van der Waals surface area contributed by atoms with E-state index in [1.807, 2.05) is 19.2 Å². The zero-order valence-electron chi connectivity index (χ0n) is 11.2. The van der Waals surface area contributed by atoms with Gasteiger partial charge >= 0.3 is 0 Å². The minimum Gasteiger partial charge on any atom is -0.362 e. The highest BCUT2D eigenvalue weighted by atomic mass is 32.2. The maximum atomic E-state index is 11.1. The summed E-state index contributed by atoms with van der Waals surface area (Å²) in [6.07, 6.45) is 6.23. The van der Waals surface area contributed by atoms with Crippen LogP contribution in [0.5, 0.6) is 0 Å². The first-order chi connectivity index (χ1) is 8.92. The van der Waals surface area contributed by atoms with Crippen LogP contribution in [-0.4, -0.2) is 44.7 Å². The molecule has 0 bridgehead atoms. The molecule has 1 aliphatic heterocycles. The second-order valence-corrected chi connectivity index (χ2v) is 6.58. The van der Waals surface area contributed by atoms with Crippen LogP contribution in [0.1, 0.15) is 5.56 Å². The molecule has 0 amide bonds. The molecule has 6 heteroatoms. The molecule has 0 saturated carbocycles. The minimum absolute atomic E-state index is 0.604. The summed E-state index contributed by atoms with van der Waals surface area (Å²) in [7, 11) is -1.15. The van der Waals surface area contributed by atoms with E-state index in [9.17, 15) is 8.42 Å². The molecule has 1 aromatic rings. The van der Waals surface area contributed by atoms with Crippen molar-refractivity contribution in [1.29, 1.82) is 0 Å². The lowest BCUT2D eigenvalue weighted by atomic mass is 10.1. The van der Waals surface area contributed by atoms with Crippen LogP contribution in [0.2, 0.25) is 0 Å². The molecule has 2 rings (SSSR count). The molecule has 19 heavy (non-hydrogen) atoms. The predicted molar refractivity (Wildman–Crippen MR) is 77.1 cm³/mol. The van der Waals surface area contributed by atoms with E-state index in [1.165, 1.54) is 5.56 Å². The van der Waals surface area contributed by atoms with Gasteiger partial charge in [0, 0.05) is 31.7 Å². The molecule has 1 N–H and O–H groups in total. The van der Waals surface area contributed by atoms with Crippen molar-refractivity contribution in [3.05, 3.63) is 42.2 Å². The summed E-state index contributed by atoms with van der Waals surface area (Å²) in [5.41, 5.74) is 1.80. The lowest BCUT2D eigenvalue weighted by Gasteiger charge is -2.18. The Hall–Kier alpha value is -1.69. The molecule has 0 spiro atoms. The van der Waals surface area contributed by atoms with Gasteiger partial charge in [-0.1, -0.05) is 12.1 Å². The first kappa shape index (κ1) is 13.7. The van der Waals surface area contributed by atoms with Crippen molar-refractivity contribution >= 4 is 15.7 Å². The van der Waals surface area contributed by atoms with Gasteiger partial charge in [-0.15, -0.1) is 0 Å². The molecule has 0 atom stereocenters. The van der Waals surface area contributed by atoms with Crippen molar-refractivity contribution in [2.45, 2.75) is 6.42 Å². The molecule has 0 radical (unpaired) electrons. The number of hydrogen-bond donors (Lipinski definition) is 1. The van der Waals surface area contributed by atoms with Gasteiger partial charge in [-0.2, -0.15) is 0 Å². The molecule has 1 aliphatic rings. The molecular weight excluding hydrogens is 262 g/mol. The Morgan fingerprint density at radius 1 is 1.21 bits per heavy atom. The number of benzene rings is 1. The van der Waals surface area contributed by atoms with Crippen LogP contribution < -0.4 is 4.72 Å². The SMILES string of the molecule is CN1C=CN(CCc2ccc(NS(C)(=O)=O)cc2)C1. The van der Waals surface area contributed by atoms with Crippen molar-refractivity contribution in [2.75, 3.05) is 31.2 Å². The van der Waals surface area contributed by atoms with E-state index in [-0.39, 0.29) is 0 Å². The zero-order valence-corrected chi connectivity index (χ0v) is 12.0. The zero-order chi connectivity index (χ0) is 13.9. The number of nitrogens with zero attached hydrogens (tertiary/aromatic N) is 2. The molecule has 0 aromatic heterocycles. The van der Waals surface area contributed by atoms with Crippen LogP contribution in [0.4, 0.5) is 5.69 Å². The maximum Gasteiger partial charge on any atom is 0.229 e. The molecule has 104 valence electrons. The Morgan fingerprint density at radius 2 is 1.89 bits per heavy atom. The predicted octanol–water partition coefficient (Wildman–Crippen LogP) is 1.28. The fourth-order valence-corrected chi connectivity index (χ4v) is 2.52. The van der Waals surface area contributed by atoms with Gasteiger partial charge in [0.25, 0.3) is 0 Å². The first-order valence-corrected chi connectivity index (χ1v) is 8.01. The third-order valence-corrected chi connectivity index (χ3v) is 3.49. The molecule has 1 aromatic carbocycles. The summed E-state index contributed by atoms with van der Waals surface area (Å²) in [5.74, 6) is 0. The van der Waals surface area contributed by atoms with Gasteiger partial charge in [-0.25, -0.2) is 8.42 Å². The summed E-state index contributed by atoms with van der Waals surface area (Å²) in [4.78, 5) is 4.36. The van der Waals surface area contributed by atoms with Crippen LogP contribution >= 0.6 is 0 Å². The van der Waals surface area contributed by atoms with Gasteiger partial charge in [-0.3, -0.25) is 4.72 Å². The number of anilines is 1. The van der Waals surface area contributed by atoms with E-state index in [4.69, 9.17) is 0 Å². The minimum atomic E-state index is -3.19. The van der Waals surface area contributed by atoms with E-state index >= 15 is 0 Å². The summed E-state index contributed by atoms with van der Waals surface area (Å²) < 4.78 is 24.6.